The molecule has 1 amide bonds. The minimum absolute atomic E-state index is 0.0488. The van der Waals surface area contributed by atoms with E-state index in [1.165, 1.54) is 17.7 Å². The zero-order valence-corrected chi connectivity index (χ0v) is 19.9. The number of aliphatic hydroxyl groups is 1. The standard InChI is InChI=1S/C29H31FN2O3/c1-35-25-14-10-21(11-15-25)20-4-6-22(7-5-20)28-26-18-31(16-2-3-17-32(26)27(28)19-33)29(34)23-8-12-24(30)13-9-23/h4-15,26-28,33H,2-3,16-19H2,1H3/t26-,27-,28-/m1/s1. The zero-order valence-electron chi connectivity index (χ0n) is 19.9. The number of halogens is 1. The van der Waals surface area contributed by atoms with Gasteiger partial charge in [-0.2, -0.15) is 0 Å². The molecule has 3 aromatic rings. The molecule has 2 aliphatic rings. The third-order valence-electron chi connectivity index (χ3n) is 7.47. The first-order valence-electron chi connectivity index (χ1n) is 12.2. The first kappa shape index (κ1) is 23.5. The Labute approximate surface area is 205 Å². The molecule has 35 heavy (non-hydrogen) atoms. The van der Waals surface area contributed by atoms with Crippen molar-refractivity contribution in [3.8, 4) is 16.9 Å². The molecule has 2 aliphatic heterocycles. The van der Waals surface area contributed by atoms with E-state index in [2.05, 4.69) is 29.2 Å². The number of hydrogen-bond donors (Lipinski definition) is 1. The minimum Gasteiger partial charge on any atom is -0.497 e. The minimum atomic E-state index is -0.344. The Morgan fingerprint density at radius 2 is 1.57 bits per heavy atom. The van der Waals surface area contributed by atoms with Crippen LogP contribution in [0.4, 0.5) is 4.39 Å². The van der Waals surface area contributed by atoms with Crippen LogP contribution in [-0.4, -0.2) is 66.2 Å². The largest absolute Gasteiger partial charge is 0.497 e. The molecular formula is C29H31FN2O3. The molecule has 2 heterocycles. The van der Waals surface area contributed by atoms with E-state index in [4.69, 9.17) is 4.74 Å². The van der Waals surface area contributed by atoms with Crippen molar-refractivity contribution in [2.45, 2.75) is 30.8 Å². The van der Waals surface area contributed by atoms with Crippen LogP contribution in [-0.2, 0) is 0 Å². The van der Waals surface area contributed by atoms with Crippen molar-refractivity contribution in [1.29, 1.82) is 0 Å². The number of benzene rings is 3. The Balaban J connectivity index is 1.37. The van der Waals surface area contributed by atoms with E-state index in [-0.39, 0.29) is 36.3 Å². The number of fused-ring (bicyclic) bond motifs is 1. The van der Waals surface area contributed by atoms with Crippen LogP contribution in [0, 0.1) is 5.82 Å². The van der Waals surface area contributed by atoms with E-state index in [0.717, 1.165) is 36.3 Å². The maximum Gasteiger partial charge on any atom is 0.253 e. The highest BCUT2D eigenvalue weighted by molar-refractivity contribution is 5.94. The Hall–Kier alpha value is -3.22. The van der Waals surface area contributed by atoms with Crippen molar-refractivity contribution < 1.29 is 19.0 Å². The molecule has 1 N–H and O–H groups in total. The number of carbonyl (C=O) groups is 1. The molecule has 6 heteroatoms. The lowest BCUT2D eigenvalue weighted by molar-refractivity contribution is -0.0606. The number of hydrogen-bond acceptors (Lipinski definition) is 4. The Bertz CT molecular complexity index is 1150. The molecule has 0 radical (unpaired) electrons. The van der Waals surface area contributed by atoms with Crippen molar-refractivity contribution in [2.24, 2.45) is 0 Å². The summed E-state index contributed by atoms with van der Waals surface area (Å²) in [5.74, 6) is 0.567. The van der Waals surface area contributed by atoms with E-state index in [0.29, 0.717) is 18.7 Å². The van der Waals surface area contributed by atoms with Crippen LogP contribution < -0.4 is 4.74 Å². The number of amides is 1. The fourth-order valence-electron chi connectivity index (χ4n) is 5.58. The average molecular weight is 475 g/mol. The molecule has 3 atom stereocenters. The van der Waals surface area contributed by atoms with Crippen molar-refractivity contribution in [1.82, 2.24) is 9.80 Å². The van der Waals surface area contributed by atoms with E-state index < -0.39 is 0 Å². The monoisotopic (exact) mass is 474 g/mol. The van der Waals surface area contributed by atoms with Crippen LogP contribution in [0.3, 0.4) is 0 Å². The van der Waals surface area contributed by atoms with Crippen LogP contribution in [0.5, 0.6) is 5.75 Å². The first-order chi connectivity index (χ1) is 17.1. The molecule has 0 unspecified atom stereocenters. The number of aliphatic hydroxyl groups excluding tert-OH is 1. The molecule has 0 saturated carbocycles. The SMILES string of the molecule is COc1ccc(-c2ccc([C@H]3[C@@H](CO)N4CCCCN(C(=O)c5ccc(F)cc5)C[C@H]34)cc2)cc1. The fraction of sp³-hybridized carbons (Fsp3) is 0.345. The number of carbonyl (C=O) groups excluding carboxylic acids is 1. The van der Waals surface area contributed by atoms with Crippen molar-refractivity contribution in [3.05, 3.63) is 89.7 Å². The summed E-state index contributed by atoms with van der Waals surface area (Å²) in [7, 11) is 1.66. The third kappa shape index (κ3) is 4.68. The van der Waals surface area contributed by atoms with Gasteiger partial charge in [0.2, 0.25) is 0 Å². The van der Waals surface area contributed by atoms with Crippen LogP contribution in [0.2, 0.25) is 0 Å². The summed E-state index contributed by atoms with van der Waals surface area (Å²) in [6.45, 7) is 2.30. The maximum atomic E-state index is 13.4. The van der Waals surface area contributed by atoms with Gasteiger partial charge in [-0.15, -0.1) is 0 Å². The predicted molar refractivity (Wildman–Crippen MR) is 134 cm³/mol. The van der Waals surface area contributed by atoms with Gasteiger partial charge in [-0.25, -0.2) is 4.39 Å². The van der Waals surface area contributed by atoms with Crippen LogP contribution in [0.15, 0.2) is 72.8 Å². The molecule has 5 rings (SSSR count). The highest BCUT2D eigenvalue weighted by Crippen LogP contribution is 2.42. The van der Waals surface area contributed by atoms with E-state index in [9.17, 15) is 14.3 Å². The number of ether oxygens (including phenoxy) is 1. The van der Waals surface area contributed by atoms with Crippen molar-refractivity contribution >= 4 is 5.91 Å². The second kappa shape index (κ2) is 10.2. The van der Waals surface area contributed by atoms with Crippen LogP contribution >= 0.6 is 0 Å². The van der Waals surface area contributed by atoms with Gasteiger partial charge < -0.3 is 14.7 Å². The van der Waals surface area contributed by atoms with Crippen LogP contribution in [0.25, 0.3) is 11.1 Å². The molecule has 5 nitrogen and oxygen atoms in total. The van der Waals surface area contributed by atoms with E-state index in [1.807, 2.05) is 29.2 Å². The Kier molecular flexibility index (Phi) is 6.84. The van der Waals surface area contributed by atoms with Gasteiger partial charge in [0, 0.05) is 36.7 Å². The summed E-state index contributed by atoms with van der Waals surface area (Å²) < 4.78 is 18.6. The summed E-state index contributed by atoms with van der Waals surface area (Å²) in [6.07, 6.45) is 1.89. The normalized spacial score (nSPS) is 22.5. The average Bonchev–Trinajstić information content (AvgIpc) is 2.88. The van der Waals surface area contributed by atoms with Crippen LogP contribution in [0.1, 0.15) is 34.7 Å². The molecule has 0 aromatic heterocycles. The van der Waals surface area contributed by atoms with Gasteiger partial charge in [0.05, 0.1) is 13.7 Å². The summed E-state index contributed by atoms with van der Waals surface area (Å²) >= 11 is 0. The van der Waals surface area contributed by atoms with E-state index >= 15 is 0 Å². The molecule has 2 fully saturated rings. The Morgan fingerprint density at radius 3 is 2.20 bits per heavy atom. The second-order valence-electron chi connectivity index (χ2n) is 9.40. The summed E-state index contributed by atoms with van der Waals surface area (Å²) in [6, 6.07) is 22.5. The third-order valence-corrected chi connectivity index (χ3v) is 7.47. The highest BCUT2D eigenvalue weighted by Gasteiger charge is 2.49. The van der Waals surface area contributed by atoms with Gasteiger partial charge in [-0.3, -0.25) is 9.69 Å². The Morgan fingerprint density at radius 1 is 0.943 bits per heavy atom. The predicted octanol–water partition coefficient (Wildman–Crippen LogP) is 4.57. The molecule has 0 spiro atoms. The van der Waals surface area contributed by atoms with Gasteiger partial charge in [-0.1, -0.05) is 36.4 Å². The number of nitrogens with zero attached hydrogens (tertiary/aromatic N) is 2. The highest BCUT2D eigenvalue weighted by atomic mass is 19.1. The number of methoxy groups -OCH3 is 1. The molecule has 182 valence electrons. The molecular weight excluding hydrogens is 443 g/mol. The first-order valence-corrected chi connectivity index (χ1v) is 12.2. The topological polar surface area (TPSA) is 53.0 Å². The lowest BCUT2D eigenvalue weighted by Crippen LogP contribution is -2.67. The molecule has 2 saturated heterocycles. The maximum absolute atomic E-state index is 13.4. The lowest BCUT2D eigenvalue weighted by Gasteiger charge is -2.57. The van der Waals surface area contributed by atoms with Gasteiger partial charge in [0.25, 0.3) is 5.91 Å². The summed E-state index contributed by atoms with van der Waals surface area (Å²) in [4.78, 5) is 17.5. The summed E-state index contributed by atoms with van der Waals surface area (Å²) in [5.41, 5.74) is 3.93. The van der Waals surface area contributed by atoms with Gasteiger partial charge in [0.1, 0.15) is 11.6 Å². The number of rotatable bonds is 5. The van der Waals surface area contributed by atoms with Gasteiger partial charge >= 0.3 is 0 Å². The smallest absolute Gasteiger partial charge is 0.253 e. The van der Waals surface area contributed by atoms with Crippen molar-refractivity contribution in [2.75, 3.05) is 33.4 Å². The fourth-order valence-corrected chi connectivity index (χ4v) is 5.58. The molecule has 3 aromatic carbocycles. The van der Waals surface area contributed by atoms with Gasteiger partial charge in [0.15, 0.2) is 0 Å². The molecule has 0 bridgehead atoms. The lowest BCUT2D eigenvalue weighted by atomic mass is 9.74. The quantitative estimate of drug-likeness (QED) is 0.589. The van der Waals surface area contributed by atoms with Crippen molar-refractivity contribution in [3.63, 3.8) is 0 Å². The van der Waals surface area contributed by atoms with Gasteiger partial charge in [-0.05, 0) is 72.5 Å². The second-order valence-corrected chi connectivity index (χ2v) is 9.40. The zero-order chi connectivity index (χ0) is 24.4. The van der Waals surface area contributed by atoms with E-state index in [1.54, 1.807) is 19.2 Å². The molecule has 0 aliphatic carbocycles. The summed E-state index contributed by atoms with van der Waals surface area (Å²) in [5, 5.41) is 10.2.